The second-order valence-corrected chi connectivity index (χ2v) is 12.2. The third-order valence-corrected chi connectivity index (χ3v) is 8.03. The topological polar surface area (TPSA) is 55.8 Å². The van der Waals surface area contributed by atoms with E-state index < -0.39 is 23.2 Å². The normalized spacial score (nSPS) is 15.0. The lowest BCUT2D eigenvalue weighted by molar-refractivity contribution is 0.0990. The predicted molar refractivity (Wildman–Crippen MR) is 168 cm³/mol. The van der Waals surface area contributed by atoms with E-state index in [-0.39, 0.29) is 34.3 Å². The average Bonchev–Trinajstić information content (AvgIpc) is 3.18. The number of Topliss-reactive ketones (excluding diaryl/α,β-unsaturated/α-hetero) is 2. The van der Waals surface area contributed by atoms with Crippen LogP contribution in [0.4, 0.5) is 25.8 Å². The minimum Gasteiger partial charge on any atom is -0.490 e. The maximum atomic E-state index is 14.0. The number of ketones is 2. The molecule has 0 amide bonds. The number of allylic oxidation sites excluding steroid dienone is 1. The third kappa shape index (κ3) is 4.77. The van der Waals surface area contributed by atoms with Crippen LogP contribution in [0.15, 0.2) is 78.4 Å². The van der Waals surface area contributed by atoms with Gasteiger partial charge in [0.2, 0.25) is 0 Å². The highest BCUT2D eigenvalue weighted by Crippen LogP contribution is 2.54. The lowest BCUT2D eigenvalue weighted by Crippen LogP contribution is -2.30. The Morgan fingerprint density at radius 3 is 1.66 bits per heavy atom. The minimum absolute atomic E-state index is 0.161. The summed E-state index contributed by atoms with van der Waals surface area (Å²) in [6.07, 6.45) is 0.978. The number of rotatable bonds is 6. The molecule has 0 aromatic heterocycles. The maximum absolute atomic E-state index is 14.0. The van der Waals surface area contributed by atoms with Crippen molar-refractivity contribution in [1.29, 1.82) is 0 Å². The van der Waals surface area contributed by atoms with Crippen molar-refractivity contribution in [3.05, 3.63) is 118 Å². The first-order chi connectivity index (χ1) is 20.9. The summed E-state index contributed by atoms with van der Waals surface area (Å²) >= 11 is 0. The van der Waals surface area contributed by atoms with E-state index in [2.05, 4.69) is 43.0 Å². The first-order valence-corrected chi connectivity index (χ1v) is 14.7. The standard InChI is InChI=1S/C37H33F2NO4/c1-20(2)43-33-19-32(40-30-13-9-7-11-26(30)37(5,6)27-12-8-10-14-31(27)40)34(44-21(3)4)16-22(33)15-25-35(41)23-17-28(38)29(39)18-24(23)36(25)42/h7-21H,1-6H3. The van der Waals surface area contributed by atoms with E-state index in [0.717, 1.165) is 40.3 Å². The number of halogens is 2. The van der Waals surface area contributed by atoms with Crippen molar-refractivity contribution < 1.29 is 27.8 Å². The highest BCUT2D eigenvalue weighted by Gasteiger charge is 2.38. The lowest BCUT2D eigenvalue weighted by Gasteiger charge is -2.42. The van der Waals surface area contributed by atoms with Crippen LogP contribution in [0.2, 0.25) is 0 Å². The third-order valence-electron chi connectivity index (χ3n) is 8.03. The van der Waals surface area contributed by atoms with Crippen molar-refractivity contribution in [2.75, 3.05) is 4.90 Å². The molecule has 2 aliphatic rings. The van der Waals surface area contributed by atoms with Gasteiger partial charge in [-0.2, -0.15) is 0 Å². The molecule has 1 aliphatic carbocycles. The van der Waals surface area contributed by atoms with Gasteiger partial charge in [0, 0.05) is 28.2 Å². The van der Waals surface area contributed by atoms with Crippen molar-refractivity contribution in [1.82, 2.24) is 0 Å². The molecule has 4 aromatic rings. The minimum atomic E-state index is -1.18. The van der Waals surface area contributed by atoms with Crippen LogP contribution in [-0.4, -0.2) is 23.8 Å². The van der Waals surface area contributed by atoms with Gasteiger partial charge in [0.15, 0.2) is 23.2 Å². The van der Waals surface area contributed by atoms with E-state index in [0.29, 0.717) is 17.1 Å². The van der Waals surface area contributed by atoms with Gasteiger partial charge in [0.1, 0.15) is 11.5 Å². The summed E-state index contributed by atoms with van der Waals surface area (Å²) in [5.74, 6) is -2.77. The van der Waals surface area contributed by atoms with Crippen LogP contribution in [0.5, 0.6) is 11.5 Å². The van der Waals surface area contributed by atoms with Gasteiger partial charge in [0.05, 0.1) is 34.8 Å². The average molecular weight is 594 g/mol. The highest BCUT2D eigenvalue weighted by molar-refractivity contribution is 6.41. The Balaban J connectivity index is 1.59. The monoisotopic (exact) mass is 593 g/mol. The van der Waals surface area contributed by atoms with E-state index in [1.54, 1.807) is 6.07 Å². The molecule has 44 heavy (non-hydrogen) atoms. The molecule has 0 N–H and O–H groups in total. The molecule has 0 saturated carbocycles. The molecular formula is C37H33F2NO4. The van der Waals surface area contributed by atoms with Crippen LogP contribution in [-0.2, 0) is 5.41 Å². The van der Waals surface area contributed by atoms with E-state index in [9.17, 15) is 18.4 Å². The van der Waals surface area contributed by atoms with Crippen molar-refractivity contribution in [3.8, 4) is 11.5 Å². The molecule has 0 saturated heterocycles. The molecule has 0 fully saturated rings. The number of hydrogen-bond acceptors (Lipinski definition) is 5. The summed E-state index contributed by atoms with van der Waals surface area (Å²) in [5, 5.41) is 0. The summed E-state index contributed by atoms with van der Waals surface area (Å²) in [4.78, 5) is 28.7. The lowest BCUT2D eigenvalue weighted by atomic mass is 9.73. The summed E-state index contributed by atoms with van der Waals surface area (Å²) in [5.41, 5.74) is 4.65. The summed E-state index contributed by atoms with van der Waals surface area (Å²) in [6, 6.07) is 21.7. The Morgan fingerprint density at radius 2 is 1.16 bits per heavy atom. The Hall–Kier alpha value is -4.78. The molecule has 5 nitrogen and oxygen atoms in total. The van der Waals surface area contributed by atoms with Gasteiger partial charge in [-0.25, -0.2) is 8.78 Å². The SMILES string of the molecule is CC(C)Oc1cc(N2c3ccccc3C(C)(C)c3ccccc32)c(OC(C)C)cc1C=C1C(=O)c2cc(F)c(F)cc2C1=O. The number of para-hydroxylation sites is 2. The van der Waals surface area contributed by atoms with Gasteiger partial charge in [-0.1, -0.05) is 50.2 Å². The van der Waals surface area contributed by atoms with E-state index >= 15 is 0 Å². The molecular weight excluding hydrogens is 560 g/mol. The van der Waals surface area contributed by atoms with Gasteiger partial charge in [0.25, 0.3) is 0 Å². The summed E-state index contributed by atoms with van der Waals surface area (Å²) < 4.78 is 40.7. The van der Waals surface area contributed by atoms with Crippen molar-refractivity contribution in [2.24, 2.45) is 0 Å². The van der Waals surface area contributed by atoms with Crippen LogP contribution in [0, 0.1) is 11.6 Å². The Kier molecular flexibility index (Phi) is 7.15. The summed E-state index contributed by atoms with van der Waals surface area (Å²) in [6.45, 7) is 12.0. The molecule has 0 bridgehead atoms. The van der Waals surface area contributed by atoms with Gasteiger partial charge in [-0.15, -0.1) is 0 Å². The van der Waals surface area contributed by atoms with Crippen molar-refractivity contribution >= 4 is 34.7 Å². The van der Waals surface area contributed by atoms with Crippen LogP contribution < -0.4 is 14.4 Å². The van der Waals surface area contributed by atoms with E-state index in [1.807, 2.05) is 58.0 Å². The summed E-state index contributed by atoms with van der Waals surface area (Å²) in [7, 11) is 0. The zero-order valence-electron chi connectivity index (χ0n) is 25.5. The smallest absolute Gasteiger partial charge is 0.197 e. The molecule has 0 atom stereocenters. The number of benzene rings is 4. The first-order valence-electron chi connectivity index (χ1n) is 14.7. The molecule has 7 heteroatoms. The number of anilines is 3. The van der Waals surface area contributed by atoms with Gasteiger partial charge in [-0.05, 0) is 75.2 Å². The van der Waals surface area contributed by atoms with Crippen LogP contribution >= 0.6 is 0 Å². The Morgan fingerprint density at radius 1 is 0.682 bits per heavy atom. The molecule has 0 unspecified atom stereocenters. The van der Waals surface area contributed by atoms with Crippen LogP contribution in [0.1, 0.15) is 78.9 Å². The zero-order chi connectivity index (χ0) is 31.5. The fourth-order valence-electron chi connectivity index (χ4n) is 6.09. The molecule has 0 spiro atoms. The predicted octanol–water partition coefficient (Wildman–Crippen LogP) is 9.11. The van der Waals surface area contributed by atoms with Crippen molar-refractivity contribution in [2.45, 2.75) is 59.2 Å². The highest BCUT2D eigenvalue weighted by atomic mass is 19.2. The quantitative estimate of drug-likeness (QED) is 0.165. The Bertz CT molecular complexity index is 1780. The van der Waals surface area contributed by atoms with Gasteiger partial charge >= 0.3 is 0 Å². The Labute approximate surface area is 255 Å². The number of hydrogen-bond donors (Lipinski definition) is 0. The molecule has 1 heterocycles. The number of ether oxygens (including phenoxy) is 2. The molecule has 0 radical (unpaired) electrons. The maximum Gasteiger partial charge on any atom is 0.197 e. The van der Waals surface area contributed by atoms with Gasteiger partial charge < -0.3 is 14.4 Å². The van der Waals surface area contributed by atoms with E-state index in [4.69, 9.17) is 9.47 Å². The number of nitrogens with zero attached hydrogens (tertiary/aromatic N) is 1. The van der Waals surface area contributed by atoms with E-state index in [1.165, 1.54) is 6.08 Å². The number of fused-ring (bicyclic) bond motifs is 3. The first kappa shape index (κ1) is 29.3. The van der Waals surface area contributed by atoms with Crippen molar-refractivity contribution in [3.63, 3.8) is 0 Å². The largest absolute Gasteiger partial charge is 0.490 e. The van der Waals surface area contributed by atoms with Crippen LogP contribution in [0.25, 0.3) is 6.08 Å². The molecule has 224 valence electrons. The number of carbonyl (C=O) groups excluding carboxylic acids is 2. The van der Waals surface area contributed by atoms with Gasteiger partial charge in [-0.3, -0.25) is 9.59 Å². The number of carbonyl (C=O) groups is 2. The molecule has 4 aromatic carbocycles. The second-order valence-electron chi connectivity index (χ2n) is 12.2. The molecule has 6 rings (SSSR count). The fraction of sp³-hybridized carbons (Fsp3) is 0.243. The zero-order valence-corrected chi connectivity index (χ0v) is 25.5. The second kappa shape index (κ2) is 10.7. The van der Waals surface area contributed by atoms with Crippen LogP contribution in [0.3, 0.4) is 0 Å². The fourth-order valence-corrected chi connectivity index (χ4v) is 6.09. The molecule has 1 aliphatic heterocycles.